The van der Waals surface area contributed by atoms with Crippen LogP contribution in [0.25, 0.3) is 0 Å². The van der Waals surface area contributed by atoms with Crippen LogP contribution < -0.4 is 10.3 Å². The van der Waals surface area contributed by atoms with Crippen LogP contribution in [0.1, 0.15) is 20.3 Å². The van der Waals surface area contributed by atoms with E-state index < -0.39 is 7.60 Å². The Morgan fingerprint density at radius 3 is 2.38 bits per heavy atom. The number of anilines is 1. The fraction of sp³-hybridized carbons (Fsp3) is 0.455. The summed E-state index contributed by atoms with van der Waals surface area (Å²) < 4.78 is 22.8. The lowest BCUT2D eigenvalue weighted by Crippen LogP contribution is -2.02. The lowest BCUT2D eigenvalue weighted by molar-refractivity contribution is 0.279. The molecule has 1 aromatic rings. The first-order valence-corrected chi connectivity index (χ1v) is 7.11. The highest BCUT2D eigenvalue weighted by Gasteiger charge is 2.24. The first-order valence-electron chi connectivity index (χ1n) is 5.38. The SMILES string of the molecule is CCCP(=O)(OCC)Oc1ccc(N)cc1. The quantitative estimate of drug-likeness (QED) is 0.615. The van der Waals surface area contributed by atoms with E-state index >= 15 is 0 Å². The molecule has 2 N–H and O–H groups in total. The highest BCUT2D eigenvalue weighted by molar-refractivity contribution is 7.54. The van der Waals surface area contributed by atoms with E-state index in [-0.39, 0.29) is 0 Å². The van der Waals surface area contributed by atoms with Crippen molar-refractivity contribution in [3.05, 3.63) is 24.3 Å². The molecule has 0 amide bonds. The fourth-order valence-corrected chi connectivity index (χ4v) is 2.95. The number of hydrogen-bond acceptors (Lipinski definition) is 4. The van der Waals surface area contributed by atoms with Crippen molar-refractivity contribution < 1.29 is 13.6 Å². The molecule has 1 unspecified atom stereocenters. The molecular weight excluding hydrogens is 225 g/mol. The summed E-state index contributed by atoms with van der Waals surface area (Å²) in [5.41, 5.74) is 6.20. The van der Waals surface area contributed by atoms with E-state index in [4.69, 9.17) is 14.8 Å². The van der Waals surface area contributed by atoms with E-state index in [0.717, 1.165) is 6.42 Å². The topological polar surface area (TPSA) is 61.5 Å². The summed E-state index contributed by atoms with van der Waals surface area (Å²) in [7, 11) is -3.00. The summed E-state index contributed by atoms with van der Waals surface area (Å²) in [4.78, 5) is 0. The fourth-order valence-electron chi connectivity index (χ4n) is 1.30. The van der Waals surface area contributed by atoms with Crippen molar-refractivity contribution in [2.75, 3.05) is 18.5 Å². The summed E-state index contributed by atoms with van der Waals surface area (Å²) in [6.07, 6.45) is 1.18. The van der Waals surface area contributed by atoms with Crippen molar-refractivity contribution in [2.45, 2.75) is 20.3 Å². The molecule has 0 radical (unpaired) electrons. The summed E-state index contributed by atoms with van der Waals surface area (Å²) in [6.45, 7) is 4.12. The summed E-state index contributed by atoms with van der Waals surface area (Å²) in [5, 5.41) is 0. The van der Waals surface area contributed by atoms with Crippen LogP contribution in [0.15, 0.2) is 24.3 Å². The average Bonchev–Trinajstić information content (AvgIpc) is 2.22. The second-order valence-corrected chi connectivity index (χ2v) is 5.52. The van der Waals surface area contributed by atoms with E-state index in [1.807, 2.05) is 6.92 Å². The Morgan fingerprint density at radius 1 is 1.25 bits per heavy atom. The Morgan fingerprint density at radius 2 is 1.88 bits per heavy atom. The third kappa shape index (κ3) is 3.87. The smallest absolute Gasteiger partial charge is 0.379 e. The van der Waals surface area contributed by atoms with E-state index in [1.54, 1.807) is 31.2 Å². The average molecular weight is 243 g/mol. The van der Waals surface area contributed by atoms with Gasteiger partial charge < -0.3 is 14.8 Å². The van der Waals surface area contributed by atoms with E-state index in [0.29, 0.717) is 24.2 Å². The molecule has 16 heavy (non-hydrogen) atoms. The van der Waals surface area contributed by atoms with Gasteiger partial charge in [-0.2, -0.15) is 0 Å². The molecule has 4 nitrogen and oxygen atoms in total. The number of rotatable bonds is 6. The van der Waals surface area contributed by atoms with Crippen LogP contribution >= 0.6 is 7.60 Å². The predicted molar refractivity (Wildman–Crippen MR) is 65.9 cm³/mol. The van der Waals surface area contributed by atoms with Crippen LogP contribution in [-0.4, -0.2) is 12.8 Å². The van der Waals surface area contributed by atoms with Gasteiger partial charge in [0.05, 0.1) is 12.8 Å². The summed E-state index contributed by atoms with van der Waals surface area (Å²) in [6, 6.07) is 6.79. The highest BCUT2D eigenvalue weighted by atomic mass is 31.2. The normalized spacial score (nSPS) is 14.4. The van der Waals surface area contributed by atoms with Gasteiger partial charge in [-0.25, -0.2) is 4.57 Å². The van der Waals surface area contributed by atoms with Crippen molar-refractivity contribution in [1.82, 2.24) is 0 Å². The Labute approximate surface area is 96.3 Å². The zero-order valence-electron chi connectivity index (χ0n) is 9.68. The van der Waals surface area contributed by atoms with Crippen molar-refractivity contribution in [3.63, 3.8) is 0 Å². The molecule has 0 saturated carbocycles. The molecule has 0 saturated heterocycles. The van der Waals surface area contributed by atoms with Crippen LogP contribution in [0, 0.1) is 0 Å². The lowest BCUT2D eigenvalue weighted by Gasteiger charge is -2.18. The molecule has 0 bridgehead atoms. The van der Waals surface area contributed by atoms with Crippen LogP contribution in [0.5, 0.6) is 5.75 Å². The van der Waals surface area contributed by atoms with Gasteiger partial charge in [-0.3, -0.25) is 0 Å². The molecule has 0 heterocycles. The zero-order chi connectivity index (χ0) is 12.0. The highest BCUT2D eigenvalue weighted by Crippen LogP contribution is 2.48. The van der Waals surface area contributed by atoms with Crippen LogP contribution in [0.3, 0.4) is 0 Å². The maximum Gasteiger partial charge on any atom is 0.379 e. The summed E-state index contributed by atoms with van der Waals surface area (Å²) in [5.74, 6) is 0.527. The molecule has 0 fully saturated rings. The molecule has 1 rings (SSSR count). The first-order chi connectivity index (χ1) is 7.59. The molecule has 0 aliphatic carbocycles. The molecule has 0 aliphatic heterocycles. The molecule has 5 heteroatoms. The van der Waals surface area contributed by atoms with Gasteiger partial charge in [-0.15, -0.1) is 0 Å². The Kier molecular flexibility index (Phi) is 4.84. The van der Waals surface area contributed by atoms with Crippen LogP contribution in [-0.2, 0) is 9.09 Å². The van der Waals surface area contributed by atoms with Crippen LogP contribution in [0.2, 0.25) is 0 Å². The van der Waals surface area contributed by atoms with Crippen molar-refractivity contribution in [1.29, 1.82) is 0 Å². The minimum atomic E-state index is -3.00. The first kappa shape index (κ1) is 13.1. The summed E-state index contributed by atoms with van der Waals surface area (Å²) >= 11 is 0. The molecule has 0 spiro atoms. The number of hydrogen-bond donors (Lipinski definition) is 1. The minimum Gasteiger partial charge on any atom is -0.424 e. The monoisotopic (exact) mass is 243 g/mol. The van der Waals surface area contributed by atoms with E-state index in [2.05, 4.69) is 0 Å². The molecule has 90 valence electrons. The Balaban J connectivity index is 2.75. The van der Waals surface area contributed by atoms with Crippen LogP contribution in [0.4, 0.5) is 5.69 Å². The largest absolute Gasteiger partial charge is 0.424 e. The van der Waals surface area contributed by atoms with E-state index in [1.165, 1.54) is 0 Å². The number of benzene rings is 1. The van der Waals surface area contributed by atoms with Gasteiger partial charge in [0.2, 0.25) is 0 Å². The Bertz CT molecular complexity index is 354. The second-order valence-electron chi connectivity index (χ2n) is 3.41. The lowest BCUT2D eigenvalue weighted by atomic mass is 10.3. The molecular formula is C11H18NO3P. The standard InChI is InChI=1S/C11H18NO3P/c1-3-9-16(13,14-4-2)15-11-7-5-10(12)6-8-11/h5-8H,3-4,9,12H2,1-2H3. The predicted octanol–water partition coefficient (Wildman–Crippen LogP) is 3.29. The van der Waals surface area contributed by atoms with Gasteiger partial charge in [-0.05, 0) is 37.6 Å². The maximum atomic E-state index is 12.2. The Hall–Kier alpha value is -0.990. The van der Waals surface area contributed by atoms with Gasteiger partial charge in [0.1, 0.15) is 5.75 Å². The van der Waals surface area contributed by atoms with Crippen molar-refractivity contribution >= 4 is 13.3 Å². The van der Waals surface area contributed by atoms with Gasteiger partial charge in [0.25, 0.3) is 0 Å². The number of nitrogen functional groups attached to an aromatic ring is 1. The molecule has 0 aliphatic rings. The minimum absolute atomic E-state index is 0.381. The van der Waals surface area contributed by atoms with Gasteiger partial charge in [-0.1, -0.05) is 6.92 Å². The van der Waals surface area contributed by atoms with E-state index in [9.17, 15) is 4.57 Å². The maximum absolute atomic E-state index is 12.2. The number of nitrogens with two attached hydrogens (primary N) is 1. The molecule has 1 aromatic carbocycles. The van der Waals surface area contributed by atoms with Gasteiger partial charge >= 0.3 is 7.60 Å². The zero-order valence-corrected chi connectivity index (χ0v) is 10.6. The molecule has 1 atom stereocenters. The third-order valence-electron chi connectivity index (χ3n) is 1.95. The van der Waals surface area contributed by atoms with Crippen molar-refractivity contribution in [3.8, 4) is 5.75 Å². The van der Waals surface area contributed by atoms with Gasteiger partial charge in [0.15, 0.2) is 0 Å². The van der Waals surface area contributed by atoms with Gasteiger partial charge in [0, 0.05) is 5.69 Å². The molecule has 0 aromatic heterocycles. The second kappa shape index (κ2) is 5.92. The van der Waals surface area contributed by atoms with Crippen molar-refractivity contribution in [2.24, 2.45) is 0 Å². The third-order valence-corrected chi connectivity index (χ3v) is 4.08.